The number of nitrogens with one attached hydrogen (secondary N) is 1. The summed E-state index contributed by atoms with van der Waals surface area (Å²) in [7, 11) is 1.48. The van der Waals surface area contributed by atoms with Crippen LogP contribution < -0.4 is 10.1 Å². The molecule has 2 N–H and O–H groups in total. The van der Waals surface area contributed by atoms with Gasteiger partial charge in [0.1, 0.15) is 5.75 Å². The van der Waals surface area contributed by atoms with E-state index in [9.17, 15) is 9.59 Å². The van der Waals surface area contributed by atoms with Crippen molar-refractivity contribution in [1.29, 1.82) is 0 Å². The van der Waals surface area contributed by atoms with Gasteiger partial charge in [-0.1, -0.05) is 23.8 Å². The van der Waals surface area contributed by atoms with Crippen molar-refractivity contribution in [1.82, 2.24) is 5.32 Å². The maximum absolute atomic E-state index is 12.3. The van der Waals surface area contributed by atoms with Crippen LogP contribution in [-0.2, 0) is 4.79 Å². The number of amides is 1. The van der Waals surface area contributed by atoms with Crippen LogP contribution in [0.25, 0.3) is 0 Å². The topological polar surface area (TPSA) is 75.6 Å². The molecule has 1 aliphatic rings. The maximum atomic E-state index is 12.3. The molecule has 5 nitrogen and oxygen atoms in total. The van der Waals surface area contributed by atoms with Crippen molar-refractivity contribution in [2.75, 3.05) is 7.11 Å². The number of benzene rings is 1. The van der Waals surface area contributed by atoms with E-state index in [4.69, 9.17) is 21.4 Å². The van der Waals surface area contributed by atoms with Gasteiger partial charge in [-0.25, -0.2) is 0 Å². The quantitative estimate of drug-likeness (QED) is 0.579. The third-order valence-corrected chi connectivity index (χ3v) is 4.73. The van der Waals surface area contributed by atoms with Gasteiger partial charge in [0.05, 0.1) is 23.6 Å². The monoisotopic (exact) mass is 421 g/mol. The first-order valence-electron chi connectivity index (χ1n) is 6.17. The SMILES string of the molecule is COc1cc(I)c(Cl)cc1C(=O)NC1C=CC(C(=O)O)C1. The Morgan fingerprint density at radius 1 is 1.43 bits per heavy atom. The van der Waals surface area contributed by atoms with Gasteiger partial charge in [0.2, 0.25) is 0 Å². The summed E-state index contributed by atoms with van der Waals surface area (Å²) in [5, 5.41) is 12.2. The van der Waals surface area contributed by atoms with Gasteiger partial charge < -0.3 is 15.2 Å². The molecule has 0 fully saturated rings. The Labute approximate surface area is 140 Å². The van der Waals surface area contributed by atoms with E-state index in [0.717, 1.165) is 3.57 Å². The lowest BCUT2D eigenvalue weighted by Gasteiger charge is -2.14. The van der Waals surface area contributed by atoms with E-state index in [1.807, 2.05) is 0 Å². The molecule has 0 aliphatic heterocycles. The molecule has 2 rings (SSSR count). The van der Waals surface area contributed by atoms with E-state index >= 15 is 0 Å². The predicted octanol–water partition coefficient (Wildman–Crippen LogP) is 2.71. The van der Waals surface area contributed by atoms with Crippen LogP contribution in [0.1, 0.15) is 16.8 Å². The van der Waals surface area contributed by atoms with Crippen LogP contribution in [0.3, 0.4) is 0 Å². The normalized spacial score (nSPS) is 20.3. The van der Waals surface area contributed by atoms with Crippen LogP contribution in [-0.4, -0.2) is 30.1 Å². The number of methoxy groups -OCH3 is 1. The number of carboxylic acids is 1. The third kappa shape index (κ3) is 3.68. The largest absolute Gasteiger partial charge is 0.496 e. The average Bonchev–Trinajstić information content (AvgIpc) is 2.89. The van der Waals surface area contributed by atoms with E-state index in [1.165, 1.54) is 7.11 Å². The Morgan fingerprint density at radius 3 is 2.71 bits per heavy atom. The first kappa shape index (κ1) is 16.1. The lowest BCUT2D eigenvalue weighted by molar-refractivity contribution is -0.140. The maximum Gasteiger partial charge on any atom is 0.310 e. The molecular weight excluding hydrogens is 409 g/mol. The minimum Gasteiger partial charge on any atom is -0.496 e. The molecule has 2 unspecified atom stereocenters. The van der Waals surface area contributed by atoms with Gasteiger partial charge >= 0.3 is 5.97 Å². The molecule has 2 atom stereocenters. The fourth-order valence-electron chi connectivity index (χ4n) is 2.11. The molecule has 0 saturated carbocycles. The summed E-state index contributed by atoms with van der Waals surface area (Å²) in [6.07, 6.45) is 3.63. The van der Waals surface area contributed by atoms with E-state index in [0.29, 0.717) is 22.8 Å². The second-order valence-corrected chi connectivity index (χ2v) is 6.18. The fraction of sp³-hybridized carbons (Fsp3) is 0.286. The lowest BCUT2D eigenvalue weighted by Crippen LogP contribution is -2.33. The Balaban J connectivity index is 2.13. The van der Waals surface area contributed by atoms with Crippen LogP contribution in [0, 0.1) is 9.49 Å². The molecule has 1 aromatic rings. The Kier molecular flexibility index (Phi) is 5.10. The molecule has 1 amide bonds. The molecule has 0 saturated heterocycles. The molecule has 0 aromatic heterocycles. The number of rotatable bonds is 4. The number of carboxylic acid groups (broad SMARTS) is 1. The van der Waals surface area contributed by atoms with E-state index in [-0.39, 0.29) is 11.9 Å². The molecule has 1 aromatic carbocycles. The Bertz CT molecular complexity index is 617. The van der Waals surface area contributed by atoms with Crippen molar-refractivity contribution < 1.29 is 19.4 Å². The van der Waals surface area contributed by atoms with Gasteiger partial charge in [0.25, 0.3) is 5.91 Å². The van der Waals surface area contributed by atoms with Gasteiger partial charge in [-0.15, -0.1) is 0 Å². The summed E-state index contributed by atoms with van der Waals surface area (Å²) in [6.45, 7) is 0. The number of halogens is 2. The van der Waals surface area contributed by atoms with Crippen LogP contribution >= 0.6 is 34.2 Å². The zero-order chi connectivity index (χ0) is 15.6. The molecule has 0 radical (unpaired) electrons. The minimum absolute atomic E-state index is 0.304. The lowest BCUT2D eigenvalue weighted by atomic mass is 10.1. The molecule has 0 bridgehead atoms. The number of carbonyl (C=O) groups is 2. The van der Waals surface area contributed by atoms with Crippen molar-refractivity contribution in [2.24, 2.45) is 5.92 Å². The van der Waals surface area contributed by atoms with Gasteiger partial charge in [-0.05, 0) is 41.1 Å². The van der Waals surface area contributed by atoms with Crippen LogP contribution in [0.2, 0.25) is 5.02 Å². The first-order chi connectivity index (χ1) is 9.92. The van der Waals surface area contributed by atoms with E-state index in [1.54, 1.807) is 24.3 Å². The summed E-state index contributed by atoms with van der Waals surface area (Å²) in [5.74, 6) is -1.36. The van der Waals surface area contributed by atoms with Crippen molar-refractivity contribution in [3.8, 4) is 5.75 Å². The zero-order valence-electron chi connectivity index (χ0n) is 11.1. The van der Waals surface area contributed by atoms with Gasteiger partial charge in [-0.3, -0.25) is 9.59 Å². The highest BCUT2D eigenvalue weighted by molar-refractivity contribution is 14.1. The highest BCUT2D eigenvalue weighted by atomic mass is 127. The van der Waals surface area contributed by atoms with Gasteiger partial charge in [-0.2, -0.15) is 0 Å². The summed E-state index contributed by atoms with van der Waals surface area (Å²) < 4.78 is 5.98. The zero-order valence-corrected chi connectivity index (χ0v) is 14.0. The second-order valence-electron chi connectivity index (χ2n) is 4.61. The standard InChI is InChI=1S/C14H13ClINO4/c1-21-12-6-11(16)10(15)5-9(12)13(18)17-8-3-2-7(4-8)14(19)20/h2-3,5-8H,4H2,1H3,(H,17,18)(H,19,20). The summed E-state index contributed by atoms with van der Waals surface area (Å²) in [5.41, 5.74) is 0.329. The van der Waals surface area contributed by atoms with Gasteiger partial charge in [0.15, 0.2) is 0 Å². The van der Waals surface area contributed by atoms with Crippen LogP contribution in [0.4, 0.5) is 0 Å². The van der Waals surface area contributed by atoms with Crippen molar-refractivity contribution in [2.45, 2.75) is 12.5 Å². The number of hydrogen-bond donors (Lipinski definition) is 2. The van der Waals surface area contributed by atoms with Crippen LogP contribution in [0.15, 0.2) is 24.3 Å². The third-order valence-electron chi connectivity index (χ3n) is 3.20. The molecule has 0 spiro atoms. The summed E-state index contributed by atoms with van der Waals surface area (Å²) >= 11 is 8.09. The average molecular weight is 422 g/mol. The molecule has 1 aliphatic carbocycles. The first-order valence-corrected chi connectivity index (χ1v) is 7.63. The smallest absolute Gasteiger partial charge is 0.310 e. The number of ether oxygens (including phenoxy) is 1. The highest BCUT2D eigenvalue weighted by Gasteiger charge is 2.26. The number of hydrogen-bond acceptors (Lipinski definition) is 3. The molecule has 0 heterocycles. The number of aliphatic carboxylic acids is 1. The Morgan fingerprint density at radius 2 is 2.14 bits per heavy atom. The predicted molar refractivity (Wildman–Crippen MR) is 86.9 cm³/mol. The molecule has 7 heteroatoms. The van der Waals surface area contributed by atoms with Crippen molar-refractivity contribution in [3.05, 3.63) is 38.4 Å². The van der Waals surface area contributed by atoms with Crippen molar-refractivity contribution in [3.63, 3.8) is 0 Å². The minimum atomic E-state index is -0.891. The Hall–Kier alpha value is -1.28. The fourth-order valence-corrected chi connectivity index (χ4v) is 2.71. The summed E-state index contributed by atoms with van der Waals surface area (Å²) in [6, 6.07) is 2.93. The van der Waals surface area contributed by atoms with E-state index in [2.05, 4.69) is 27.9 Å². The van der Waals surface area contributed by atoms with E-state index < -0.39 is 11.9 Å². The van der Waals surface area contributed by atoms with Crippen molar-refractivity contribution >= 4 is 46.1 Å². The molecular formula is C14H13ClINO4. The highest BCUT2D eigenvalue weighted by Crippen LogP contribution is 2.28. The van der Waals surface area contributed by atoms with Crippen LogP contribution in [0.5, 0.6) is 5.75 Å². The van der Waals surface area contributed by atoms with Gasteiger partial charge in [0, 0.05) is 9.61 Å². The number of carbonyl (C=O) groups excluding carboxylic acids is 1. The summed E-state index contributed by atoms with van der Waals surface area (Å²) in [4.78, 5) is 23.2. The molecule has 21 heavy (non-hydrogen) atoms. The second kappa shape index (κ2) is 6.65. The molecule has 112 valence electrons.